The smallest absolute Gasteiger partial charge is 0.191 e. The van der Waals surface area contributed by atoms with Crippen molar-refractivity contribution in [1.82, 2.24) is 20.4 Å². The molecule has 1 aromatic heterocycles. The molecular formula is C17H26IN5. The third-order valence-corrected chi connectivity index (χ3v) is 3.50. The Morgan fingerprint density at radius 3 is 2.52 bits per heavy atom. The maximum atomic E-state index is 4.25. The van der Waals surface area contributed by atoms with E-state index in [0.29, 0.717) is 0 Å². The van der Waals surface area contributed by atoms with Crippen molar-refractivity contribution in [2.75, 3.05) is 13.6 Å². The number of halogens is 1. The van der Waals surface area contributed by atoms with Crippen LogP contribution in [0.3, 0.4) is 0 Å². The van der Waals surface area contributed by atoms with E-state index in [9.17, 15) is 0 Å². The van der Waals surface area contributed by atoms with E-state index in [1.54, 1.807) is 7.05 Å². The second-order valence-electron chi connectivity index (χ2n) is 5.46. The van der Waals surface area contributed by atoms with Crippen LogP contribution < -0.4 is 10.6 Å². The molecule has 0 bridgehead atoms. The highest BCUT2D eigenvalue weighted by molar-refractivity contribution is 14.0. The first-order chi connectivity index (χ1) is 10.7. The van der Waals surface area contributed by atoms with Crippen LogP contribution in [0.5, 0.6) is 0 Å². The first-order valence-corrected chi connectivity index (χ1v) is 7.65. The molecule has 0 aliphatic heterocycles. The van der Waals surface area contributed by atoms with Gasteiger partial charge in [-0.3, -0.25) is 9.67 Å². The van der Waals surface area contributed by atoms with Gasteiger partial charge in [0.2, 0.25) is 0 Å². The number of nitrogens with zero attached hydrogens (tertiary/aromatic N) is 3. The SMILES string of the molecule is CN=C(NCCCc1cnn(C)c1)NCc1ccc(C)cc1.I. The van der Waals surface area contributed by atoms with Crippen LogP contribution in [0.1, 0.15) is 23.1 Å². The Kier molecular flexibility index (Phi) is 8.68. The Morgan fingerprint density at radius 2 is 1.91 bits per heavy atom. The topological polar surface area (TPSA) is 54.2 Å². The normalized spacial score (nSPS) is 11.0. The van der Waals surface area contributed by atoms with Gasteiger partial charge in [0.15, 0.2) is 5.96 Å². The van der Waals surface area contributed by atoms with Gasteiger partial charge in [-0.05, 0) is 30.9 Å². The fourth-order valence-corrected chi connectivity index (χ4v) is 2.21. The number of aromatic nitrogens is 2. The molecule has 6 heteroatoms. The molecule has 2 aromatic rings. The zero-order valence-electron chi connectivity index (χ0n) is 14.0. The average Bonchev–Trinajstić information content (AvgIpc) is 2.94. The Balaban J connectivity index is 0.00000264. The maximum Gasteiger partial charge on any atom is 0.191 e. The molecule has 0 atom stereocenters. The summed E-state index contributed by atoms with van der Waals surface area (Å²) in [6, 6.07) is 8.53. The van der Waals surface area contributed by atoms with Gasteiger partial charge in [-0.25, -0.2) is 0 Å². The fourth-order valence-electron chi connectivity index (χ4n) is 2.21. The lowest BCUT2D eigenvalue weighted by atomic mass is 10.1. The summed E-state index contributed by atoms with van der Waals surface area (Å²) in [5.74, 6) is 0.840. The van der Waals surface area contributed by atoms with Crippen LogP contribution in [0.15, 0.2) is 41.7 Å². The summed E-state index contributed by atoms with van der Waals surface area (Å²) >= 11 is 0. The summed E-state index contributed by atoms with van der Waals surface area (Å²) in [5.41, 5.74) is 3.80. The number of hydrogen-bond acceptors (Lipinski definition) is 2. The molecule has 126 valence electrons. The van der Waals surface area contributed by atoms with Crippen LogP contribution in [0, 0.1) is 6.92 Å². The van der Waals surface area contributed by atoms with Gasteiger partial charge in [-0.15, -0.1) is 24.0 Å². The molecule has 0 radical (unpaired) electrons. The molecule has 0 spiro atoms. The second kappa shape index (κ2) is 10.3. The molecule has 5 nitrogen and oxygen atoms in total. The Morgan fingerprint density at radius 1 is 1.17 bits per heavy atom. The van der Waals surface area contributed by atoms with Gasteiger partial charge in [0.1, 0.15) is 0 Å². The standard InChI is InChI=1S/C17H25N5.HI/c1-14-6-8-15(9-7-14)11-20-17(18-2)19-10-4-5-16-12-21-22(3)13-16;/h6-9,12-13H,4-5,10-11H2,1-3H3,(H2,18,19,20);1H. The van der Waals surface area contributed by atoms with Gasteiger partial charge in [-0.1, -0.05) is 29.8 Å². The number of aliphatic imine (C=N–C) groups is 1. The molecule has 0 amide bonds. The second-order valence-corrected chi connectivity index (χ2v) is 5.46. The van der Waals surface area contributed by atoms with E-state index in [0.717, 1.165) is 31.9 Å². The van der Waals surface area contributed by atoms with Crippen molar-refractivity contribution in [2.24, 2.45) is 12.0 Å². The van der Waals surface area contributed by atoms with Gasteiger partial charge in [0, 0.05) is 33.4 Å². The van der Waals surface area contributed by atoms with Crippen molar-refractivity contribution in [3.63, 3.8) is 0 Å². The Hall–Kier alpha value is -1.57. The van der Waals surface area contributed by atoms with Crippen molar-refractivity contribution in [2.45, 2.75) is 26.3 Å². The van der Waals surface area contributed by atoms with Crippen molar-refractivity contribution in [1.29, 1.82) is 0 Å². The molecule has 0 unspecified atom stereocenters. The summed E-state index contributed by atoms with van der Waals surface area (Å²) < 4.78 is 1.84. The summed E-state index contributed by atoms with van der Waals surface area (Å²) in [6.45, 7) is 3.77. The van der Waals surface area contributed by atoms with Gasteiger partial charge < -0.3 is 10.6 Å². The molecule has 0 aliphatic carbocycles. The molecule has 0 saturated heterocycles. The van der Waals surface area contributed by atoms with Gasteiger partial charge in [0.05, 0.1) is 6.20 Å². The number of aryl methyl sites for hydroxylation is 3. The number of benzene rings is 1. The van der Waals surface area contributed by atoms with Gasteiger partial charge >= 0.3 is 0 Å². The minimum atomic E-state index is 0. The highest BCUT2D eigenvalue weighted by Crippen LogP contribution is 2.02. The quantitative estimate of drug-likeness (QED) is 0.323. The molecule has 2 rings (SSSR count). The molecule has 1 heterocycles. The lowest BCUT2D eigenvalue weighted by Gasteiger charge is -2.11. The van der Waals surface area contributed by atoms with Gasteiger partial charge in [0.25, 0.3) is 0 Å². The maximum absolute atomic E-state index is 4.25. The van der Waals surface area contributed by atoms with E-state index in [1.165, 1.54) is 16.7 Å². The minimum Gasteiger partial charge on any atom is -0.356 e. The van der Waals surface area contributed by atoms with E-state index in [2.05, 4.69) is 58.1 Å². The molecule has 1 aromatic carbocycles. The monoisotopic (exact) mass is 427 g/mol. The first-order valence-electron chi connectivity index (χ1n) is 7.65. The van der Waals surface area contributed by atoms with E-state index >= 15 is 0 Å². The van der Waals surface area contributed by atoms with Crippen LogP contribution in [-0.2, 0) is 20.0 Å². The summed E-state index contributed by atoms with van der Waals surface area (Å²) in [7, 11) is 3.74. The van der Waals surface area contributed by atoms with Crippen LogP contribution in [0.25, 0.3) is 0 Å². The summed E-state index contributed by atoms with van der Waals surface area (Å²) in [5, 5.41) is 10.8. The lowest BCUT2D eigenvalue weighted by Crippen LogP contribution is -2.37. The van der Waals surface area contributed by atoms with Crippen LogP contribution in [0.4, 0.5) is 0 Å². The molecule has 23 heavy (non-hydrogen) atoms. The zero-order valence-corrected chi connectivity index (χ0v) is 16.4. The van der Waals surface area contributed by atoms with E-state index in [4.69, 9.17) is 0 Å². The minimum absolute atomic E-state index is 0. The first kappa shape index (κ1) is 19.5. The van der Waals surface area contributed by atoms with Crippen LogP contribution in [0.2, 0.25) is 0 Å². The zero-order chi connectivity index (χ0) is 15.8. The number of hydrogen-bond donors (Lipinski definition) is 2. The summed E-state index contributed by atoms with van der Waals surface area (Å²) in [4.78, 5) is 4.25. The largest absolute Gasteiger partial charge is 0.356 e. The molecular weight excluding hydrogens is 401 g/mol. The Bertz CT molecular complexity index is 604. The highest BCUT2D eigenvalue weighted by Gasteiger charge is 1.99. The predicted molar refractivity (Wildman–Crippen MR) is 106 cm³/mol. The van der Waals surface area contributed by atoms with E-state index < -0.39 is 0 Å². The third kappa shape index (κ3) is 7.02. The van der Waals surface area contributed by atoms with Crippen molar-refractivity contribution in [3.8, 4) is 0 Å². The average molecular weight is 427 g/mol. The van der Waals surface area contributed by atoms with Crippen LogP contribution in [-0.4, -0.2) is 29.3 Å². The lowest BCUT2D eigenvalue weighted by molar-refractivity contribution is 0.739. The predicted octanol–water partition coefficient (Wildman–Crippen LogP) is 2.64. The highest BCUT2D eigenvalue weighted by atomic mass is 127. The number of nitrogens with one attached hydrogen (secondary N) is 2. The van der Waals surface area contributed by atoms with E-state index in [1.807, 2.05) is 17.9 Å². The third-order valence-electron chi connectivity index (χ3n) is 3.50. The van der Waals surface area contributed by atoms with Crippen molar-refractivity contribution >= 4 is 29.9 Å². The molecule has 2 N–H and O–H groups in total. The number of rotatable bonds is 6. The van der Waals surface area contributed by atoms with Crippen LogP contribution >= 0.6 is 24.0 Å². The van der Waals surface area contributed by atoms with Gasteiger partial charge in [-0.2, -0.15) is 5.10 Å². The molecule has 0 saturated carbocycles. The fraction of sp³-hybridized carbons (Fsp3) is 0.412. The summed E-state index contributed by atoms with van der Waals surface area (Å²) in [6.07, 6.45) is 6.06. The van der Waals surface area contributed by atoms with Crippen molar-refractivity contribution < 1.29 is 0 Å². The number of guanidine groups is 1. The van der Waals surface area contributed by atoms with E-state index in [-0.39, 0.29) is 24.0 Å². The molecule has 0 aliphatic rings. The molecule has 0 fully saturated rings. The Labute approximate surface area is 155 Å². The van der Waals surface area contributed by atoms with Crippen molar-refractivity contribution in [3.05, 3.63) is 53.3 Å².